The van der Waals surface area contributed by atoms with Crippen LogP contribution in [0.3, 0.4) is 0 Å². The highest BCUT2D eigenvalue weighted by molar-refractivity contribution is 9.10. The predicted molar refractivity (Wildman–Crippen MR) is 70.6 cm³/mol. The zero-order valence-corrected chi connectivity index (χ0v) is 10.4. The van der Waals surface area contributed by atoms with Crippen molar-refractivity contribution in [2.24, 2.45) is 0 Å². The zero-order valence-electron chi connectivity index (χ0n) is 8.86. The van der Waals surface area contributed by atoms with Gasteiger partial charge in [-0.1, -0.05) is 28.1 Å². The van der Waals surface area contributed by atoms with Crippen molar-refractivity contribution in [3.05, 3.63) is 58.8 Å². The largest absolute Gasteiger partial charge is 0.385 e. The average molecular weight is 277 g/mol. The van der Waals surface area contributed by atoms with Crippen LogP contribution in [0.15, 0.2) is 53.1 Å². The quantitative estimate of drug-likeness (QED) is 0.925. The Morgan fingerprint density at radius 1 is 1.12 bits per heavy atom. The van der Waals surface area contributed by atoms with Crippen molar-refractivity contribution in [2.45, 2.75) is 6.42 Å². The lowest BCUT2D eigenvalue weighted by atomic mass is 10.2. The molecule has 1 aromatic carbocycles. The molecule has 0 unspecified atom stereocenters. The minimum atomic E-state index is 0.896. The lowest BCUT2D eigenvalue weighted by Gasteiger charge is -2.06. The molecule has 82 valence electrons. The summed E-state index contributed by atoms with van der Waals surface area (Å²) in [4.78, 5) is 4.28. The zero-order chi connectivity index (χ0) is 11.2. The molecule has 0 saturated heterocycles. The van der Waals surface area contributed by atoms with Crippen molar-refractivity contribution >= 4 is 21.6 Å². The smallest absolute Gasteiger partial charge is 0.0421 e. The van der Waals surface area contributed by atoms with Crippen LogP contribution in [0, 0.1) is 0 Å². The van der Waals surface area contributed by atoms with Gasteiger partial charge < -0.3 is 5.32 Å². The second-order valence-corrected chi connectivity index (χ2v) is 4.42. The number of hydrogen-bond donors (Lipinski definition) is 1. The summed E-state index contributed by atoms with van der Waals surface area (Å²) in [5.74, 6) is 0. The van der Waals surface area contributed by atoms with E-state index in [1.807, 2.05) is 36.5 Å². The molecule has 2 aromatic rings. The summed E-state index contributed by atoms with van der Waals surface area (Å²) in [6.45, 7) is 0.896. The molecule has 0 radical (unpaired) electrons. The molecule has 0 spiro atoms. The van der Waals surface area contributed by atoms with Gasteiger partial charge in [-0.3, -0.25) is 4.98 Å². The Balaban J connectivity index is 1.85. The monoisotopic (exact) mass is 276 g/mol. The van der Waals surface area contributed by atoms with Gasteiger partial charge in [-0.15, -0.1) is 0 Å². The van der Waals surface area contributed by atoms with Gasteiger partial charge >= 0.3 is 0 Å². The number of halogens is 1. The van der Waals surface area contributed by atoms with E-state index in [9.17, 15) is 0 Å². The van der Waals surface area contributed by atoms with Gasteiger partial charge in [0.2, 0.25) is 0 Å². The minimum Gasteiger partial charge on any atom is -0.385 e. The number of anilines is 1. The van der Waals surface area contributed by atoms with Crippen LogP contribution in [0.25, 0.3) is 0 Å². The van der Waals surface area contributed by atoms with E-state index in [0.717, 1.165) is 28.8 Å². The molecule has 1 N–H and O–H groups in total. The topological polar surface area (TPSA) is 24.9 Å². The van der Waals surface area contributed by atoms with E-state index < -0.39 is 0 Å². The molecule has 0 fully saturated rings. The van der Waals surface area contributed by atoms with Crippen molar-refractivity contribution in [3.63, 3.8) is 0 Å². The number of rotatable bonds is 4. The molecule has 2 nitrogen and oxygen atoms in total. The molecule has 0 bridgehead atoms. The first-order valence-electron chi connectivity index (χ1n) is 5.24. The van der Waals surface area contributed by atoms with Crippen molar-refractivity contribution in [2.75, 3.05) is 11.9 Å². The van der Waals surface area contributed by atoms with Crippen molar-refractivity contribution in [1.82, 2.24) is 4.98 Å². The number of nitrogens with zero attached hydrogens (tertiary/aromatic N) is 1. The van der Waals surface area contributed by atoms with Crippen molar-refractivity contribution in [3.8, 4) is 0 Å². The molecule has 0 atom stereocenters. The van der Waals surface area contributed by atoms with E-state index in [4.69, 9.17) is 0 Å². The number of aromatic nitrogens is 1. The number of pyridine rings is 1. The van der Waals surface area contributed by atoms with Crippen LogP contribution >= 0.6 is 15.9 Å². The van der Waals surface area contributed by atoms with Gasteiger partial charge in [0, 0.05) is 35.0 Å². The van der Waals surface area contributed by atoms with Crippen LogP contribution < -0.4 is 5.32 Å². The molecule has 3 heteroatoms. The maximum atomic E-state index is 4.28. The molecule has 0 aliphatic heterocycles. The highest BCUT2D eigenvalue weighted by atomic mass is 79.9. The second-order valence-electron chi connectivity index (χ2n) is 3.51. The highest BCUT2D eigenvalue weighted by Gasteiger charge is 1.94. The lowest BCUT2D eigenvalue weighted by molar-refractivity contribution is 0.961. The first kappa shape index (κ1) is 11.1. The number of nitrogens with one attached hydrogen (secondary N) is 1. The molecule has 2 rings (SSSR count). The third kappa shape index (κ3) is 3.35. The molecule has 16 heavy (non-hydrogen) atoms. The van der Waals surface area contributed by atoms with Gasteiger partial charge in [0.15, 0.2) is 0 Å². The van der Waals surface area contributed by atoms with Crippen LogP contribution in [-0.4, -0.2) is 11.5 Å². The van der Waals surface area contributed by atoms with Gasteiger partial charge in [0.25, 0.3) is 0 Å². The van der Waals surface area contributed by atoms with Gasteiger partial charge in [-0.2, -0.15) is 0 Å². The van der Waals surface area contributed by atoms with Crippen LogP contribution in [0.2, 0.25) is 0 Å². The summed E-state index contributed by atoms with van der Waals surface area (Å²) >= 11 is 3.45. The number of benzene rings is 1. The first-order chi connectivity index (χ1) is 7.84. The molecule has 1 heterocycles. The molecule has 0 saturated carbocycles. The van der Waals surface area contributed by atoms with E-state index in [-0.39, 0.29) is 0 Å². The third-order valence-corrected chi connectivity index (χ3v) is 2.75. The number of hydrogen-bond acceptors (Lipinski definition) is 2. The van der Waals surface area contributed by atoms with E-state index in [1.165, 1.54) is 0 Å². The fourth-order valence-electron chi connectivity index (χ4n) is 1.48. The van der Waals surface area contributed by atoms with E-state index in [2.05, 4.69) is 38.4 Å². The summed E-state index contributed by atoms with van der Waals surface area (Å²) in [5.41, 5.74) is 2.25. The van der Waals surface area contributed by atoms with Crippen molar-refractivity contribution in [1.29, 1.82) is 0 Å². The normalized spacial score (nSPS) is 10.1. The highest BCUT2D eigenvalue weighted by Crippen LogP contribution is 2.15. The van der Waals surface area contributed by atoms with E-state index >= 15 is 0 Å². The Kier molecular flexibility index (Phi) is 3.94. The molecular formula is C13H13BrN2. The Hall–Kier alpha value is -1.35. The Labute approximate surface area is 104 Å². The SMILES string of the molecule is Brc1cccc(NCCc2ccccn2)c1. The maximum absolute atomic E-state index is 4.28. The Bertz CT molecular complexity index is 443. The van der Waals surface area contributed by atoms with Crippen LogP contribution in [0.1, 0.15) is 5.69 Å². The molecule has 0 aliphatic rings. The summed E-state index contributed by atoms with van der Waals surface area (Å²) in [6.07, 6.45) is 2.77. The summed E-state index contributed by atoms with van der Waals surface area (Å²) < 4.78 is 1.09. The molecule has 0 aliphatic carbocycles. The lowest BCUT2D eigenvalue weighted by Crippen LogP contribution is -2.05. The standard InChI is InChI=1S/C13H13BrN2/c14-11-4-3-6-13(10-11)16-9-7-12-5-1-2-8-15-12/h1-6,8,10,16H,7,9H2. The van der Waals surface area contributed by atoms with Crippen LogP contribution in [-0.2, 0) is 6.42 Å². The van der Waals surface area contributed by atoms with Crippen LogP contribution in [0.4, 0.5) is 5.69 Å². The van der Waals surface area contributed by atoms with Gasteiger partial charge in [-0.25, -0.2) is 0 Å². The van der Waals surface area contributed by atoms with Gasteiger partial charge in [-0.05, 0) is 30.3 Å². The predicted octanol–water partition coefficient (Wildman–Crippen LogP) is 3.50. The van der Waals surface area contributed by atoms with E-state index in [0.29, 0.717) is 0 Å². The van der Waals surface area contributed by atoms with Crippen molar-refractivity contribution < 1.29 is 0 Å². The fraction of sp³-hybridized carbons (Fsp3) is 0.154. The molecule has 1 aromatic heterocycles. The average Bonchev–Trinajstić information content (AvgIpc) is 2.30. The minimum absolute atomic E-state index is 0.896. The maximum Gasteiger partial charge on any atom is 0.0421 e. The van der Waals surface area contributed by atoms with Gasteiger partial charge in [0.1, 0.15) is 0 Å². The van der Waals surface area contributed by atoms with Gasteiger partial charge in [0.05, 0.1) is 0 Å². The third-order valence-electron chi connectivity index (χ3n) is 2.26. The molecule has 0 amide bonds. The first-order valence-corrected chi connectivity index (χ1v) is 6.03. The summed E-state index contributed by atoms with van der Waals surface area (Å²) in [6, 6.07) is 14.2. The molecular weight excluding hydrogens is 264 g/mol. The summed E-state index contributed by atoms with van der Waals surface area (Å²) in [7, 11) is 0. The Morgan fingerprint density at radius 3 is 2.81 bits per heavy atom. The Morgan fingerprint density at radius 2 is 2.06 bits per heavy atom. The second kappa shape index (κ2) is 5.66. The van der Waals surface area contributed by atoms with E-state index in [1.54, 1.807) is 0 Å². The van der Waals surface area contributed by atoms with Crippen LogP contribution in [0.5, 0.6) is 0 Å². The fourth-order valence-corrected chi connectivity index (χ4v) is 1.88. The summed E-state index contributed by atoms with van der Waals surface area (Å²) in [5, 5.41) is 3.36.